The number of hydrogen-bond donors (Lipinski definition) is 1. The van der Waals surface area contributed by atoms with Gasteiger partial charge in [0.25, 0.3) is 5.91 Å². The van der Waals surface area contributed by atoms with Crippen molar-refractivity contribution in [2.75, 3.05) is 31.1 Å². The molecule has 0 bridgehead atoms. The van der Waals surface area contributed by atoms with Gasteiger partial charge in [-0.05, 0) is 62.6 Å². The van der Waals surface area contributed by atoms with E-state index in [-0.39, 0.29) is 17.5 Å². The smallest absolute Gasteiger partial charge is 0.339 e. The Kier molecular flexibility index (Phi) is 7.15. The van der Waals surface area contributed by atoms with E-state index in [0.717, 1.165) is 43.9 Å². The number of carbonyl (C=O) groups is 2. The van der Waals surface area contributed by atoms with Gasteiger partial charge in [-0.3, -0.25) is 9.69 Å². The first-order valence-electron chi connectivity index (χ1n) is 13.0. The van der Waals surface area contributed by atoms with Crippen LogP contribution in [0.1, 0.15) is 53.0 Å². The number of benzene rings is 3. The van der Waals surface area contributed by atoms with Crippen LogP contribution >= 0.6 is 0 Å². The van der Waals surface area contributed by atoms with Crippen LogP contribution in [0.15, 0.2) is 66.7 Å². The Balaban J connectivity index is 1.47. The Morgan fingerprint density at radius 3 is 2.35 bits per heavy atom. The van der Waals surface area contributed by atoms with Gasteiger partial charge in [0.15, 0.2) is 11.5 Å². The monoisotopic (exact) mass is 499 g/mol. The lowest BCUT2D eigenvalue weighted by atomic mass is 9.98. The van der Waals surface area contributed by atoms with Crippen LogP contribution < -0.4 is 9.64 Å². The van der Waals surface area contributed by atoms with Crippen LogP contribution in [-0.4, -0.2) is 59.0 Å². The van der Waals surface area contributed by atoms with Gasteiger partial charge in [-0.1, -0.05) is 36.4 Å². The van der Waals surface area contributed by atoms with Crippen LogP contribution in [-0.2, 0) is 6.54 Å². The molecule has 2 aliphatic heterocycles. The van der Waals surface area contributed by atoms with E-state index in [1.165, 1.54) is 5.56 Å². The Hall–Kier alpha value is -3.84. The van der Waals surface area contributed by atoms with E-state index in [0.29, 0.717) is 30.2 Å². The second kappa shape index (κ2) is 10.6. The summed E-state index contributed by atoms with van der Waals surface area (Å²) in [6.45, 7) is 7.95. The maximum absolute atomic E-state index is 13.0. The summed E-state index contributed by atoms with van der Waals surface area (Å²) in [4.78, 5) is 31.6. The van der Waals surface area contributed by atoms with Crippen molar-refractivity contribution in [1.29, 1.82) is 0 Å². The van der Waals surface area contributed by atoms with Crippen molar-refractivity contribution in [3.63, 3.8) is 0 Å². The highest BCUT2D eigenvalue weighted by atomic mass is 16.5. The van der Waals surface area contributed by atoms with E-state index < -0.39 is 5.97 Å². The number of ether oxygens (including phenoxy) is 1. The number of piperidine rings is 1. The standard InChI is InChI=1S/C30H33N3O4/c1-3-32(4-2)29(34)22-13-14-25-27(19-22)37-28-24(30(35)36)11-8-12-26(28)33(25)23-15-17-31(18-16-23)20-21-9-6-5-7-10-21/h5-14,19,23H,3-4,15-18,20H2,1-2H3,(H,35,36). The average Bonchev–Trinajstić information content (AvgIpc) is 2.92. The quantitative estimate of drug-likeness (QED) is 0.445. The third kappa shape index (κ3) is 4.91. The molecule has 2 heterocycles. The summed E-state index contributed by atoms with van der Waals surface area (Å²) >= 11 is 0. The Morgan fingerprint density at radius 1 is 0.946 bits per heavy atom. The molecular formula is C30H33N3O4. The van der Waals surface area contributed by atoms with Crippen molar-refractivity contribution in [2.45, 2.75) is 39.3 Å². The molecule has 0 saturated carbocycles. The second-order valence-electron chi connectivity index (χ2n) is 9.58. The number of carboxylic acids is 1. The number of nitrogens with zero attached hydrogens (tertiary/aromatic N) is 3. The van der Waals surface area contributed by atoms with Crippen molar-refractivity contribution in [1.82, 2.24) is 9.80 Å². The molecule has 3 aromatic carbocycles. The number of amides is 1. The van der Waals surface area contributed by atoms with Crippen molar-refractivity contribution in [3.05, 3.63) is 83.4 Å². The second-order valence-corrected chi connectivity index (χ2v) is 9.58. The summed E-state index contributed by atoms with van der Waals surface area (Å²) in [7, 11) is 0. The highest BCUT2D eigenvalue weighted by molar-refractivity contribution is 5.98. The minimum atomic E-state index is -1.03. The minimum Gasteiger partial charge on any atom is -0.478 e. The molecule has 0 atom stereocenters. The van der Waals surface area contributed by atoms with Crippen molar-refractivity contribution in [3.8, 4) is 11.5 Å². The van der Waals surface area contributed by atoms with Crippen molar-refractivity contribution < 1.29 is 19.4 Å². The Labute approximate surface area is 217 Å². The summed E-state index contributed by atoms with van der Waals surface area (Å²) < 4.78 is 6.23. The van der Waals surface area contributed by atoms with E-state index >= 15 is 0 Å². The molecule has 37 heavy (non-hydrogen) atoms. The Morgan fingerprint density at radius 2 is 1.68 bits per heavy atom. The molecule has 2 aliphatic rings. The molecule has 7 heteroatoms. The van der Waals surface area contributed by atoms with Crippen LogP contribution in [0, 0.1) is 0 Å². The summed E-state index contributed by atoms with van der Waals surface area (Å²) in [5.74, 6) is -0.240. The molecule has 0 aliphatic carbocycles. The van der Waals surface area contributed by atoms with E-state index in [9.17, 15) is 14.7 Å². The first-order chi connectivity index (χ1) is 18.0. The molecular weight excluding hydrogens is 466 g/mol. The molecule has 1 fully saturated rings. The number of rotatable bonds is 7. The number of hydrogen-bond acceptors (Lipinski definition) is 5. The molecule has 0 aromatic heterocycles. The first-order valence-corrected chi connectivity index (χ1v) is 13.0. The van der Waals surface area contributed by atoms with Crippen molar-refractivity contribution in [2.24, 2.45) is 0 Å². The highest BCUT2D eigenvalue weighted by Gasteiger charge is 2.35. The molecule has 0 unspecified atom stereocenters. The number of anilines is 2. The zero-order valence-electron chi connectivity index (χ0n) is 21.4. The lowest BCUT2D eigenvalue weighted by Crippen LogP contribution is -2.43. The van der Waals surface area contributed by atoms with Crippen LogP contribution in [0.2, 0.25) is 0 Å². The van der Waals surface area contributed by atoms with Gasteiger partial charge in [0.2, 0.25) is 0 Å². The number of aromatic carboxylic acids is 1. The van der Waals surface area contributed by atoms with Crippen LogP contribution in [0.25, 0.3) is 0 Å². The van der Waals surface area contributed by atoms with Crippen LogP contribution in [0.4, 0.5) is 11.4 Å². The summed E-state index contributed by atoms with van der Waals surface area (Å²) in [6.07, 6.45) is 1.87. The lowest BCUT2D eigenvalue weighted by molar-refractivity contribution is 0.0692. The number of likely N-dealkylation sites (tertiary alicyclic amines) is 1. The van der Waals surface area contributed by atoms with Gasteiger partial charge in [-0.25, -0.2) is 4.79 Å². The fraction of sp³-hybridized carbons (Fsp3) is 0.333. The fourth-order valence-corrected chi connectivity index (χ4v) is 5.42. The van der Waals surface area contributed by atoms with E-state index in [1.807, 2.05) is 38.1 Å². The lowest BCUT2D eigenvalue weighted by Gasteiger charge is -2.43. The number of carbonyl (C=O) groups excluding carboxylic acids is 1. The molecule has 1 saturated heterocycles. The van der Waals surface area contributed by atoms with E-state index in [1.54, 1.807) is 23.1 Å². The maximum atomic E-state index is 13.0. The molecule has 0 radical (unpaired) electrons. The summed E-state index contributed by atoms with van der Waals surface area (Å²) in [5.41, 5.74) is 3.59. The van der Waals surface area contributed by atoms with Gasteiger partial charge in [0.05, 0.1) is 11.4 Å². The molecule has 1 N–H and O–H groups in total. The van der Waals surface area contributed by atoms with Crippen LogP contribution in [0.5, 0.6) is 11.5 Å². The SMILES string of the molecule is CCN(CC)C(=O)c1ccc2c(c1)Oc1c(C(=O)O)cccc1N2C1CCN(Cc2ccccc2)CC1. The summed E-state index contributed by atoms with van der Waals surface area (Å²) in [5, 5.41) is 9.87. The van der Waals surface area contributed by atoms with Crippen molar-refractivity contribution >= 4 is 23.3 Å². The normalized spacial score (nSPS) is 15.5. The van der Waals surface area contributed by atoms with Gasteiger partial charge in [-0.2, -0.15) is 0 Å². The van der Waals surface area contributed by atoms with Gasteiger partial charge in [0, 0.05) is 44.3 Å². The predicted molar refractivity (Wildman–Crippen MR) is 144 cm³/mol. The van der Waals surface area contributed by atoms with Crippen LogP contribution in [0.3, 0.4) is 0 Å². The zero-order valence-corrected chi connectivity index (χ0v) is 21.4. The molecule has 5 rings (SSSR count). The summed E-state index contributed by atoms with van der Waals surface area (Å²) in [6, 6.07) is 21.5. The average molecular weight is 500 g/mol. The van der Waals surface area contributed by atoms with E-state index in [4.69, 9.17) is 4.74 Å². The molecule has 1 amide bonds. The third-order valence-electron chi connectivity index (χ3n) is 7.38. The minimum absolute atomic E-state index is 0.0607. The first kappa shape index (κ1) is 24.8. The molecule has 7 nitrogen and oxygen atoms in total. The zero-order chi connectivity index (χ0) is 25.9. The highest BCUT2D eigenvalue weighted by Crippen LogP contribution is 2.50. The maximum Gasteiger partial charge on any atom is 0.339 e. The predicted octanol–water partition coefficient (Wildman–Crippen LogP) is 5.78. The Bertz CT molecular complexity index is 1280. The van der Waals surface area contributed by atoms with E-state index in [2.05, 4.69) is 34.1 Å². The van der Waals surface area contributed by atoms with Gasteiger partial charge < -0.3 is 19.6 Å². The number of carboxylic acid groups (broad SMARTS) is 1. The third-order valence-corrected chi connectivity index (χ3v) is 7.38. The number of fused-ring (bicyclic) bond motifs is 2. The van der Waals surface area contributed by atoms with Gasteiger partial charge in [-0.15, -0.1) is 0 Å². The molecule has 3 aromatic rings. The largest absolute Gasteiger partial charge is 0.478 e. The fourth-order valence-electron chi connectivity index (χ4n) is 5.42. The molecule has 0 spiro atoms. The topological polar surface area (TPSA) is 73.3 Å². The van der Waals surface area contributed by atoms with Gasteiger partial charge >= 0.3 is 5.97 Å². The number of para-hydroxylation sites is 1. The van der Waals surface area contributed by atoms with Gasteiger partial charge in [0.1, 0.15) is 5.56 Å². The molecule has 192 valence electrons.